The van der Waals surface area contributed by atoms with Gasteiger partial charge in [0.15, 0.2) is 5.75 Å². The van der Waals surface area contributed by atoms with E-state index < -0.39 is 18.0 Å². The van der Waals surface area contributed by atoms with Crippen molar-refractivity contribution in [3.63, 3.8) is 0 Å². The number of rotatable bonds is 3. The molecule has 0 aliphatic carbocycles. The number of H-pyrrole nitrogens is 1. The van der Waals surface area contributed by atoms with Crippen LogP contribution in [-0.4, -0.2) is 27.5 Å². The first kappa shape index (κ1) is 13.8. The van der Waals surface area contributed by atoms with Crippen LogP contribution < -0.4 is 10.1 Å². The van der Waals surface area contributed by atoms with Gasteiger partial charge in [0.25, 0.3) is 5.91 Å². The van der Waals surface area contributed by atoms with Crippen molar-refractivity contribution in [3.8, 4) is 5.75 Å². The third-order valence-corrected chi connectivity index (χ3v) is 2.16. The summed E-state index contributed by atoms with van der Waals surface area (Å²) in [6, 6.07) is 5.18. The van der Waals surface area contributed by atoms with Crippen molar-refractivity contribution >= 4 is 11.6 Å². The summed E-state index contributed by atoms with van der Waals surface area (Å²) < 4.78 is 40.5. The maximum Gasteiger partial charge on any atom is 0.573 e. The van der Waals surface area contributed by atoms with Gasteiger partial charge in [-0.25, -0.2) is 4.98 Å². The van der Waals surface area contributed by atoms with Gasteiger partial charge in [-0.2, -0.15) is 0 Å². The molecule has 1 aromatic heterocycles. The summed E-state index contributed by atoms with van der Waals surface area (Å²) in [5.41, 5.74) is -0.128. The molecule has 0 bridgehead atoms. The number of anilines is 1. The average molecular weight is 286 g/mol. The van der Waals surface area contributed by atoms with Crippen LogP contribution in [0.25, 0.3) is 0 Å². The number of amides is 1. The number of aromatic amines is 1. The Balaban J connectivity index is 2.19. The Morgan fingerprint density at radius 3 is 2.65 bits per heavy atom. The number of carbonyl (C=O) groups excluding carboxylic acids is 1. The van der Waals surface area contributed by atoms with Crippen LogP contribution in [0.5, 0.6) is 5.75 Å². The van der Waals surface area contributed by atoms with E-state index in [0.29, 0.717) is 5.82 Å². The standard InChI is InChI=1S/C11H9F3N4O2/c1-6-15-9(18-17-6)10(19)16-7-4-2-3-5-8(7)20-11(12,13)14/h2-5H,1H3,(H,16,19)(H,15,17,18). The van der Waals surface area contributed by atoms with E-state index in [9.17, 15) is 18.0 Å². The zero-order chi connectivity index (χ0) is 14.8. The van der Waals surface area contributed by atoms with Crippen LogP contribution in [-0.2, 0) is 0 Å². The lowest BCUT2D eigenvalue weighted by Crippen LogP contribution is -2.20. The second-order valence-corrected chi connectivity index (χ2v) is 3.74. The molecule has 0 aliphatic rings. The number of carbonyl (C=O) groups is 1. The first-order valence-electron chi connectivity index (χ1n) is 5.40. The summed E-state index contributed by atoms with van der Waals surface area (Å²) in [7, 11) is 0. The van der Waals surface area contributed by atoms with E-state index >= 15 is 0 Å². The normalized spacial score (nSPS) is 11.2. The largest absolute Gasteiger partial charge is 0.573 e. The quantitative estimate of drug-likeness (QED) is 0.907. The van der Waals surface area contributed by atoms with Crippen molar-refractivity contribution in [3.05, 3.63) is 35.9 Å². The lowest BCUT2D eigenvalue weighted by atomic mass is 10.3. The van der Waals surface area contributed by atoms with Crippen molar-refractivity contribution < 1.29 is 22.7 Å². The highest BCUT2D eigenvalue weighted by atomic mass is 19.4. The van der Waals surface area contributed by atoms with Crippen LogP contribution in [0.4, 0.5) is 18.9 Å². The smallest absolute Gasteiger partial charge is 0.404 e. The van der Waals surface area contributed by atoms with Gasteiger partial charge in [0.05, 0.1) is 5.69 Å². The highest BCUT2D eigenvalue weighted by Crippen LogP contribution is 2.29. The maximum absolute atomic E-state index is 12.2. The molecule has 0 saturated heterocycles. The van der Waals surface area contributed by atoms with E-state index in [4.69, 9.17) is 0 Å². The molecule has 0 radical (unpaired) electrons. The number of hydrogen-bond donors (Lipinski definition) is 2. The van der Waals surface area contributed by atoms with Crippen molar-refractivity contribution in [1.82, 2.24) is 15.2 Å². The van der Waals surface area contributed by atoms with Gasteiger partial charge in [0, 0.05) is 0 Å². The van der Waals surface area contributed by atoms with Crippen molar-refractivity contribution in [1.29, 1.82) is 0 Å². The van der Waals surface area contributed by atoms with Crippen LogP contribution >= 0.6 is 0 Å². The minimum absolute atomic E-state index is 0.128. The summed E-state index contributed by atoms with van der Waals surface area (Å²) in [6.07, 6.45) is -4.85. The number of ether oxygens (including phenoxy) is 1. The number of hydrogen-bond acceptors (Lipinski definition) is 4. The fourth-order valence-electron chi connectivity index (χ4n) is 1.41. The Labute approximate surface area is 111 Å². The molecule has 9 heteroatoms. The van der Waals surface area contributed by atoms with Gasteiger partial charge in [0.2, 0.25) is 5.82 Å². The van der Waals surface area contributed by atoms with Gasteiger partial charge in [-0.15, -0.1) is 18.3 Å². The van der Waals surface area contributed by atoms with Crippen LogP contribution in [0, 0.1) is 6.92 Å². The van der Waals surface area contributed by atoms with E-state index in [1.807, 2.05) is 0 Å². The van der Waals surface area contributed by atoms with Crippen LogP contribution in [0.2, 0.25) is 0 Å². The van der Waals surface area contributed by atoms with Crippen molar-refractivity contribution in [2.75, 3.05) is 5.32 Å². The highest BCUT2D eigenvalue weighted by molar-refractivity contribution is 6.02. The van der Waals surface area contributed by atoms with Crippen LogP contribution in [0.1, 0.15) is 16.4 Å². The molecule has 106 valence electrons. The molecule has 2 aromatic rings. The second kappa shape index (κ2) is 5.19. The summed E-state index contributed by atoms with van der Waals surface area (Å²) in [5.74, 6) is -1.02. The van der Waals surface area contributed by atoms with E-state index in [-0.39, 0.29) is 11.5 Å². The average Bonchev–Trinajstić information content (AvgIpc) is 2.77. The Bertz CT molecular complexity index is 624. The molecule has 0 spiro atoms. The summed E-state index contributed by atoms with van der Waals surface area (Å²) in [4.78, 5) is 15.5. The van der Waals surface area contributed by atoms with Gasteiger partial charge in [-0.1, -0.05) is 12.1 Å². The molecule has 2 rings (SSSR count). The molecule has 1 heterocycles. The van der Waals surface area contributed by atoms with Crippen molar-refractivity contribution in [2.24, 2.45) is 0 Å². The number of alkyl halides is 3. The van der Waals surface area contributed by atoms with Crippen LogP contribution in [0.15, 0.2) is 24.3 Å². The van der Waals surface area contributed by atoms with Gasteiger partial charge in [0.1, 0.15) is 5.82 Å². The first-order valence-corrected chi connectivity index (χ1v) is 5.40. The lowest BCUT2D eigenvalue weighted by Gasteiger charge is -2.13. The lowest BCUT2D eigenvalue weighted by molar-refractivity contribution is -0.274. The zero-order valence-electron chi connectivity index (χ0n) is 10.2. The second-order valence-electron chi connectivity index (χ2n) is 3.74. The monoisotopic (exact) mass is 286 g/mol. The molecular formula is C11H9F3N4O2. The third-order valence-electron chi connectivity index (χ3n) is 2.16. The van der Waals surface area contributed by atoms with Gasteiger partial charge >= 0.3 is 6.36 Å². The van der Waals surface area contributed by atoms with Crippen LogP contribution in [0.3, 0.4) is 0 Å². The number of aryl methyl sites for hydroxylation is 1. The molecule has 0 saturated carbocycles. The molecule has 0 atom stereocenters. The molecule has 6 nitrogen and oxygen atoms in total. The number of halogens is 3. The molecule has 1 amide bonds. The minimum Gasteiger partial charge on any atom is -0.404 e. The third kappa shape index (κ3) is 3.46. The van der Waals surface area contributed by atoms with Crippen molar-refractivity contribution in [2.45, 2.75) is 13.3 Å². The number of benzene rings is 1. The zero-order valence-corrected chi connectivity index (χ0v) is 10.2. The topological polar surface area (TPSA) is 79.9 Å². The fraction of sp³-hybridized carbons (Fsp3) is 0.182. The van der Waals surface area contributed by atoms with E-state index in [1.165, 1.54) is 18.2 Å². The Kier molecular flexibility index (Phi) is 3.59. The Morgan fingerprint density at radius 2 is 2.05 bits per heavy atom. The molecule has 0 unspecified atom stereocenters. The number of nitrogens with one attached hydrogen (secondary N) is 2. The van der Waals surface area contributed by atoms with Gasteiger partial charge in [-0.05, 0) is 19.1 Å². The Morgan fingerprint density at radius 1 is 1.35 bits per heavy atom. The number of aromatic nitrogens is 3. The van der Waals surface area contributed by atoms with Gasteiger partial charge < -0.3 is 10.1 Å². The molecule has 1 aromatic carbocycles. The minimum atomic E-state index is -4.85. The van der Waals surface area contributed by atoms with E-state index in [0.717, 1.165) is 6.07 Å². The number of para-hydroxylation sites is 2. The van der Waals surface area contributed by atoms with Gasteiger partial charge in [-0.3, -0.25) is 9.89 Å². The van der Waals surface area contributed by atoms with E-state index in [2.05, 4.69) is 25.2 Å². The molecule has 2 N–H and O–H groups in total. The summed E-state index contributed by atoms with van der Waals surface area (Å²) in [5, 5.41) is 8.31. The molecule has 20 heavy (non-hydrogen) atoms. The van der Waals surface area contributed by atoms with E-state index in [1.54, 1.807) is 6.92 Å². The molecule has 0 aliphatic heterocycles. The molecule has 0 fully saturated rings. The fourth-order valence-corrected chi connectivity index (χ4v) is 1.41. The number of nitrogens with zero attached hydrogens (tertiary/aromatic N) is 2. The first-order chi connectivity index (χ1) is 9.35. The maximum atomic E-state index is 12.2. The molecular weight excluding hydrogens is 277 g/mol. The highest BCUT2D eigenvalue weighted by Gasteiger charge is 2.32. The predicted octanol–water partition coefficient (Wildman–Crippen LogP) is 2.26. The predicted molar refractivity (Wildman–Crippen MR) is 62.2 cm³/mol. The summed E-state index contributed by atoms with van der Waals surface area (Å²) >= 11 is 0. The Hall–Kier alpha value is -2.58. The summed E-state index contributed by atoms with van der Waals surface area (Å²) in [6.45, 7) is 1.59. The SMILES string of the molecule is Cc1nc(C(=O)Nc2ccccc2OC(F)(F)F)n[nH]1.